The highest BCUT2D eigenvalue weighted by molar-refractivity contribution is 6.32. The second-order valence-electron chi connectivity index (χ2n) is 8.14. The molecule has 1 aromatic heterocycles. The van der Waals surface area contributed by atoms with E-state index in [1.807, 2.05) is 24.7 Å². The van der Waals surface area contributed by atoms with E-state index in [0.29, 0.717) is 23.7 Å². The molecule has 1 aliphatic heterocycles. The number of carbonyl (C=O) groups is 2. The number of ether oxygens (including phenoxy) is 1. The molecule has 3 aromatic rings. The van der Waals surface area contributed by atoms with Crippen LogP contribution in [0.1, 0.15) is 33.5 Å². The van der Waals surface area contributed by atoms with Crippen LogP contribution in [-0.4, -0.2) is 47.2 Å². The van der Waals surface area contributed by atoms with Crippen LogP contribution in [0, 0.1) is 5.92 Å². The fraction of sp³-hybridized carbons (Fsp3) is 0.333. The first kappa shape index (κ1) is 21.2. The fourth-order valence-corrected chi connectivity index (χ4v) is 4.67. The molecule has 0 bridgehead atoms. The summed E-state index contributed by atoms with van der Waals surface area (Å²) in [6.45, 7) is 0.806. The number of nitrogens with zero attached hydrogens (tertiary/aromatic N) is 2. The number of hydrogen-bond acceptors (Lipinski definition) is 3. The van der Waals surface area contributed by atoms with Gasteiger partial charge in [0.15, 0.2) is 0 Å². The van der Waals surface area contributed by atoms with E-state index in [0.717, 1.165) is 40.6 Å². The first-order valence-corrected chi connectivity index (χ1v) is 10.6. The Morgan fingerprint density at radius 1 is 1.23 bits per heavy atom. The van der Waals surface area contributed by atoms with Gasteiger partial charge in [-0.25, -0.2) is 4.79 Å². The van der Waals surface area contributed by atoms with Gasteiger partial charge in [-0.2, -0.15) is 0 Å². The summed E-state index contributed by atoms with van der Waals surface area (Å²) in [7, 11) is 5.31. The third-order valence-corrected chi connectivity index (χ3v) is 6.69. The van der Waals surface area contributed by atoms with E-state index < -0.39 is 5.97 Å². The predicted octanol–water partition coefficient (Wildman–Crippen LogP) is 4.15. The van der Waals surface area contributed by atoms with Crippen LogP contribution >= 0.6 is 11.6 Å². The summed E-state index contributed by atoms with van der Waals surface area (Å²) < 4.78 is 7.39. The standard InChI is InChI=1S/C24H25ClN2O4/c1-26-9-8-16(23(26)28)10-14-4-7-20-18(11-14)19(22(25)27(20)2)12-15-5-6-17(24(29)30)13-21(15)31-3/h4-7,11,13,16H,8-10,12H2,1-3H3,(H,29,30). The van der Waals surface area contributed by atoms with Crippen LogP contribution in [0.5, 0.6) is 5.75 Å². The first-order valence-electron chi connectivity index (χ1n) is 10.2. The van der Waals surface area contributed by atoms with Crippen LogP contribution in [0.15, 0.2) is 36.4 Å². The minimum atomic E-state index is -0.996. The Morgan fingerprint density at radius 3 is 2.65 bits per heavy atom. The van der Waals surface area contributed by atoms with Crippen molar-refractivity contribution in [1.82, 2.24) is 9.47 Å². The number of aromatic carboxylic acids is 1. The molecule has 1 atom stereocenters. The monoisotopic (exact) mass is 440 g/mol. The molecule has 6 nitrogen and oxygen atoms in total. The van der Waals surface area contributed by atoms with E-state index in [1.54, 1.807) is 17.0 Å². The van der Waals surface area contributed by atoms with Gasteiger partial charge in [-0.05, 0) is 48.2 Å². The average molecular weight is 441 g/mol. The van der Waals surface area contributed by atoms with Gasteiger partial charge in [-0.3, -0.25) is 4.79 Å². The molecule has 1 unspecified atom stereocenters. The van der Waals surface area contributed by atoms with E-state index in [9.17, 15) is 14.7 Å². The lowest BCUT2D eigenvalue weighted by atomic mass is 9.95. The van der Waals surface area contributed by atoms with E-state index in [2.05, 4.69) is 12.1 Å². The minimum absolute atomic E-state index is 0.0220. The van der Waals surface area contributed by atoms with Gasteiger partial charge in [-0.15, -0.1) is 0 Å². The summed E-state index contributed by atoms with van der Waals surface area (Å²) in [5.41, 5.74) is 4.12. The molecule has 0 aliphatic carbocycles. The van der Waals surface area contributed by atoms with Gasteiger partial charge in [0, 0.05) is 49.4 Å². The van der Waals surface area contributed by atoms with Gasteiger partial charge in [0.25, 0.3) is 0 Å². The fourth-order valence-electron chi connectivity index (χ4n) is 4.41. The lowest BCUT2D eigenvalue weighted by Crippen LogP contribution is -2.23. The van der Waals surface area contributed by atoms with Crippen molar-refractivity contribution in [3.8, 4) is 5.75 Å². The maximum atomic E-state index is 12.3. The molecule has 1 saturated heterocycles. The topological polar surface area (TPSA) is 71.8 Å². The number of amides is 1. The van der Waals surface area contributed by atoms with Gasteiger partial charge in [-0.1, -0.05) is 23.7 Å². The van der Waals surface area contributed by atoms with E-state index >= 15 is 0 Å². The molecule has 4 rings (SSSR count). The van der Waals surface area contributed by atoms with Crippen molar-refractivity contribution < 1.29 is 19.4 Å². The second-order valence-corrected chi connectivity index (χ2v) is 8.50. The number of carboxylic acids is 1. The lowest BCUT2D eigenvalue weighted by Gasteiger charge is -2.11. The number of benzene rings is 2. The zero-order valence-electron chi connectivity index (χ0n) is 17.8. The molecule has 0 saturated carbocycles. The summed E-state index contributed by atoms with van der Waals surface area (Å²) in [6, 6.07) is 11.1. The second kappa shape index (κ2) is 8.27. The predicted molar refractivity (Wildman–Crippen MR) is 120 cm³/mol. The third-order valence-electron chi connectivity index (χ3n) is 6.21. The number of methoxy groups -OCH3 is 1. The lowest BCUT2D eigenvalue weighted by molar-refractivity contribution is -0.129. The minimum Gasteiger partial charge on any atom is -0.496 e. The van der Waals surface area contributed by atoms with Crippen LogP contribution in [0.3, 0.4) is 0 Å². The maximum absolute atomic E-state index is 12.3. The molecule has 2 heterocycles. The number of aryl methyl sites for hydroxylation is 1. The van der Waals surface area contributed by atoms with Crippen molar-refractivity contribution >= 4 is 34.4 Å². The van der Waals surface area contributed by atoms with Crippen molar-refractivity contribution in [2.45, 2.75) is 19.3 Å². The Morgan fingerprint density at radius 2 is 2.00 bits per heavy atom. The Labute approximate surface area is 186 Å². The number of likely N-dealkylation sites (tertiary alicyclic amines) is 1. The van der Waals surface area contributed by atoms with Crippen LogP contribution in [-0.2, 0) is 24.7 Å². The summed E-state index contributed by atoms with van der Waals surface area (Å²) in [4.78, 5) is 25.4. The molecule has 1 N–H and O–H groups in total. The van der Waals surface area contributed by atoms with Gasteiger partial charge < -0.3 is 19.3 Å². The number of aromatic nitrogens is 1. The summed E-state index contributed by atoms with van der Waals surface area (Å²) in [6.07, 6.45) is 2.10. The van der Waals surface area contributed by atoms with Crippen molar-refractivity contribution in [3.63, 3.8) is 0 Å². The quantitative estimate of drug-likeness (QED) is 0.625. The molecule has 31 heavy (non-hydrogen) atoms. The molecule has 1 fully saturated rings. The van der Waals surface area contributed by atoms with Crippen LogP contribution < -0.4 is 4.74 Å². The third kappa shape index (κ3) is 3.88. The molecule has 162 valence electrons. The molecular weight excluding hydrogens is 416 g/mol. The van der Waals surface area contributed by atoms with Crippen molar-refractivity contribution in [2.24, 2.45) is 13.0 Å². The molecule has 0 radical (unpaired) electrons. The van der Waals surface area contributed by atoms with Crippen molar-refractivity contribution in [2.75, 3.05) is 20.7 Å². The zero-order valence-corrected chi connectivity index (χ0v) is 18.6. The number of rotatable bonds is 6. The Kier molecular flexibility index (Phi) is 5.67. The van der Waals surface area contributed by atoms with Gasteiger partial charge in [0.1, 0.15) is 10.9 Å². The highest BCUT2D eigenvalue weighted by atomic mass is 35.5. The summed E-state index contributed by atoms with van der Waals surface area (Å²) in [5, 5.41) is 10.9. The van der Waals surface area contributed by atoms with Gasteiger partial charge in [0.2, 0.25) is 5.91 Å². The number of hydrogen-bond donors (Lipinski definition) is 1. The molecule has 7 heteroatoms. The molecular formula is C24H25ClN2O4. The van der Waals surface area contributed by atoms with Crippen LogP contribution in [0.25, 0.3) is 10.9 Å². The largest absolute Gasteiger partial charge is 0.496 e. The number of halogens is 1. The van der Waals surface area contributed by atoms with E-state index in [4.69, 9.17) is 16.3 Å². The molecule has 1 amide bonds. The average Bonchev–Trinajstić information content (AvgIpc) is 3.19. The van der Waals surface area contributed by atoms with Crippen LogP contribution in [0.4, 0.5) is 0 Å². The zero-order chi connectivity index (χ0) is 22.3. The highest BCUT2D eigenvalue weighted by Gasteiger charge is 2.29. The number of carbonyl (C=O) groups excluding carboxylic acids is 1. The maximum Gasteiger partial charge on any atom is 0.335 e. The highest BCUT2D eigenvalue weighted by Crippen LogP contribution is 2.35. The normalized spacial score (nSPS) is 16.3. The number of carboxylic acid groups (broad SMARTS) is 1. The molecule has 0 spiro atoms. The van der Waals surface area contributed by atoms with Crippen molar-refractivity contribution in [3.05, 3.63) is 63.8 Å². The Balaban J connectivity index is 1.71. The smallest absolute Gasteiger partial charge is 0.335 e. The van der Waals surface area contributed by atoms with E-state index in [-0.39, 0.29) is 17.4 Å². The molecule has 1 aliphatic rings. The van der Waals surface area contributed by atoms with E-state index in [1.165, 1.54) is 13.2 Å². The summed E-state index contributed by atoms with van der Waals surface area (Å²) >= 11 is 6.70. The first-order chi connectivity index (χ1) is 14.8. The summed E-state index contributed by atoms with van der Waals surface area (Å²) in [5.74, 6) is -0.253. The Bertz CT molecular complexity index is 1180. The Hall–Kier alpha value is -2.99. The van der Waals surface area contributed by atoms with Gasteiger partial charge >= 0.3 is 5.97 Å². The SMILES string of the molecule is COc1cc(C(=O)O)ccc1Cc1c(Cl)n(C)c2ccc(CC3CCN(C)C3=O)cc12. The van der Waals surface area contributed by atoms with Crippen LogP contribution in [0.2, 0.25) is 5.15 Å². The van der Waals surface area contributed by atoms with Crippen molar-refractivity contribution in [1.29, 1.82) is 0 Å². The van der Waals surface area contributed by atoms with Gasteiger partial charge in [0.05, 0.1) is 12.7 Å². The number of fused-ring (bicyclic) bond motifs is 1. The molecule has 2 aromatic carbocycles.